The van der Waals surface area contributed by atoms with Gasteiger partial charge in [-0.3, -0.25) is 4.90 Å². The fourth-order valence-electron chi connectivity index (χ4n) is 2.29. The van der Waals surface area contributed by atoms with Crippen LogP contribution in [-0.2, 0) is 14.8 Å². The molecule has 1 atom stereocenters. The quantitative estimate of drug-likeness (QED) is 0.557. The lowest BCUT2D eigenvalue weighted by Gasteiger charge is -2.29. The minimum Gasteiger partial charge on any atom is -0.379 e. The lowest BCUT2D eigenvalue weighted by Crippen LogP contribution is -2.46. The third kappa shape index (κ3) is 8.16. The minimum absolute atomic E-state index is 0.0492. The molecule has 0 radical (unpaired) electrons. The summed E-state index contributed by atoms with van der Waals surface area (Å²) < 4.78 is 31.9. The van der Waals surface area contributed by atoms with Gasteiger partial charge in [-0.2, -0.15) is 0 Å². The predicted octanol–water partition coefficient (Wildman–Crippen LogP) is 0.0162. The van der Waals surface area contributed by atoms with E-state index < -0.39 is 10.0 Å². The average Bonchev–Trinajstić information content (AvgIpc) is 2.38. The lowest BCUT2D eigenvalue weighted by molar-refractivity contribution is 0.0354. The minimum atomic E-state index is -3.15. The molecular formula is C13H29N3O3S. The molecule has 7 heteroatoms. The van der Waals surface area contributed by atoms with Crippen LogP contribution in [-0.4, -0.2) is 71.0 Å². The van der Waals surface area contributed by atoms with E-state index >= 15 is 0 Å². The summed E-state index contributed by atoms with van der Waals surface area (Å²) in [6.07, 6.45) is 1.60. The monoisotopic (exact) mass is 307 g/mol. The molecule has 1 aliphatic heterocycles. The summed E-state index contributed by atoms with van der Waals surface area (Å²) in [4.78, 5) is 2.24. The van der Waals surface area contributed by atoms with Gasteiger partial charge in [0.1, 0.15) is 0 Å². The van der Waals surface area contributed by atoms with Crippen molar-refractivity contribution in [1.82, 2.24) is 14.9 Å². The standard InChI is InChI=1S/C13H29N3O3S/c1-3-14-6-4-5-11-20(17,18)15-13(2)12-16-7-9-19-10-8-16/h13-15H,3-12H2,1-2H3. The molecule has 0 spiro atoms. The largest absolute Gasteiger partial charge is 0.379 e. The van der Waals surface area contributed by atoms with Gasteiger partial charge in [0.15, 0.2) is 0 Å². The normalized spacial score (nSPS) is 19.1. The Labute approximate surface area is 123 Å². The Morgan fingerprint density at radius 2 is 1.95 bits per heavy atom. The number of hydrogen-bond donors (Lipinski definition) is 2. The zero-order valence-corrected chi connectivity index (χ0v) is 13.5. The summed E-state index contributed by atoms with van der Waals surface area (Å²) in [6.45, 7) is 9.78. The molecule has 0 aromatic heterocycles. The molecule has 1 aliphatic rings. The number of unbranched alkanes of at least 4 members (excludes halogenated alkanes) is 1. The van der Waals surface area contributed by atoms with Gasteiger partial charge in [0.05, 0.1) is 19.0 Å². The molecule has 1 unspecified atom stereocenters. The van der Waals surface area contributed by atoms with Crippen molar-refractivity contribution in [3.05, 3.63) is 0 Å². The van der Waals surface area contributed by atoms with E-state index in [9.17, 15) is 8.42 Å². The molecule has 120 valence electrons. The molecule has 0 saturated carbocycles. The summed E-state index contributed by atoms with van der Waals surface area (Å²) >= 11 is 0. The third-order valence-electron chi connectivity index (χ3n) is 3.28. The maximum absolute atomic E-state index is 11.9. The average molecular weight is 307 g/mol. The van der Waals surface area contributed by atoms with Crippen LogP contribution < -0.4 is 10.0 Å². The van der Waals surface area contributed by atoms with E-state index in [1.54, 1.807) is 0 Å². The third-order valence-corrected chi connectivity index (χ3v) is 4.87. The Kier molecular flexibility index (Phi) is 8.63. The van der Waals surface area contributed by atoms with Crippen molar-refractivity contribution in [2.45, 2.75) is 32.7 Å². The molecule has 0 aliphatic carbocycles. The topological polar surface area (TPSA) is 70.7 Å². The Bertz CT molecular complexity index is 343. The zero-order valence-electron chi connectivity index (χ0n) is 12.7. The van der Waals surface area contributed by atoms with E-state index in [0.717, 1.165) is 52.4 Å². The Hall–Kier alpha value is -0.210. The maximum Gasteiger partial charge on any atom is 0.211 e. The van der Waals surface area contributed by atoms with Crippen molar-refractivity contribution in [1.29, 1.82) is 0 Å². The Balaban J connectivity index is 2.19. The molecule has 0 aromatic rings. The van der Waals surface area contributed by atoms with Crippen molar-refractivity contribution in [3.8, 4) is 0 Å². The lowest BCUT2D eigenvalue weighted by atomic mass is 10.3. The molecule has 0 aromatic carbocycles. The van der Waals surface area contributed by atoms with Crippen molar-refractivity contribution in [3.63, 3.8) is 0 Å². The number of nitrogens with zero attached hydrogens (tertiary/aromatic N) is 1. The number of rotatable bonds is 10. The fraction of sp³-hybridized carbons (Fsp3) is 1.00. The van der Waals surface area contributed by atoms with Gasteiger partial charge in [-0.25, -0.2) is 13.1 Å². The molecule has 20 heavy (non-hydrogen) atoms. The predicted molar refractivity (Wildman–Crippen MR) is 81.4 cm³/mol. The SMILES string of the molecule is CCNCCCCS(=O)(=O)NC(C)CN1CCOCC1. The number of ether oxygens (including phenoxy) is 1. The maximum atomic E-state index is 11.9. The van der Waals surface area contributed by atoms with Gasteiger partial charge in [-0.05, 0) is 32.9 Å². The highest BCUT2D eigenvalue weighted by atomic mass is 32.2. The highest BCUT2D eigenvalue weighted by Gasteiger charge is 2.18. The fourth-order valence-corrected chi connectivity index (χ4v) is 3.68. The summed E-state index contributed by atoms with van der Waals surface area (Å²) in [5.41, 5.74) is 0. The van der Waals surface area contributed by atoms with Crippen LogP contribution in [0.1, 0.15) is 26.7 Å². The highest BCUT2D eigenvalue weighted by molar-refractivity contribution is 7.89. The molecule has 0 amide bonds. The van der Waals surface area contributed by atoms with Gasteiger partial charge < -0.3 is 10.1 Å². The van der Waals surface area contributed by atoms with E-state index in [-0.39, 0.29) is 11.8 Å². The zero-order chi connectivity index (χ0) is 14.8. The van der Waals surface area contributed by atoms with Crippen molar-refractivity contribution in [2.75, 3.05) is 51.7 Å². The van der Waals surface area contributed by atoms with Crippen molar-refractivity contribution >= 4 is 10.0 Å². The van der Waals surface area contributed by atoms with Crippen LogP contribution in [0.25, 0.3) is 0 Å². The molecular weight excluding hydrogens is 278 g/mol. The van der Waals surface area contributed by atoms with Gasteiger partial charge in [0.25, 0.3) is 0 Å². The van der Waals surface area contributed by atoms with Gasteiger partial charge in [0.2, 0.25) is 10.0 Å². The van der Waals surface area contributed by atoms with E-state index in [0.29, 0.717) is 6.42 Å². The first-order valence-corrected chi connectivity index (χ1v) is 9.19. The molecule has 6 nitrogen and oxygen atoms in total. The molecule has 1 fully saturated rings. The van der Waals surface area contributed by atoms with Crippen LogP contribution in [0.3, 0.4) is 0 Å². The van der Waals surface area contributed by atoms with Crippen molar-refractivity contribution in [2.24, 2.45) is 0 Å². The van der Waals surface area contributed by atoms with Gasteiger partial charge >= 0.3 is 0 Å². The molecule has 1 rings (SSSR count). The van der Waals surface area contributed by atoms with E-state index in [1.165, 1.54) is 0 Å². The van der Waals surface area contributed by atoms with Crippen molar-refractivity contribution < 1.29 is 13.2 Å². The second kappa shape index (κ2) is 9.68. The van der Waals surface area contributed by atoms with E-state index in [1.807, 2.05) is 13.8 Å². The van der Waals surface area contributed by atoms with Crippen LogP contribution in [0.15, 0.2) is 0 Å². The van der Waals surface area contributed by atoms with Gasteiger partial charge in [-0.15, -0.1) is 0 Å². The summed E-state index contributed by atoms with van der Waals surface area (Å²) in [5.74, 6) is 0.214. The van der Waals surface area contributed by atoms with E-state index in [2.05, 4.69) is 14.9 Å². The van der Waals surface area contributed by atoms with Gasteiger partial charge in [0, 0.05) is 25.7 Å². The first-order chi connectivity index (χ1) is 9.53. The second-order valence-corrected chi connectivity index (χ2v) is 7.18. The van der Waals surface area contributed by atoms with Crippen LogP contribution in [0, 0.1) is 0 Å². The highest BCUT2D eigenvalue weighted by Crippen LogP contribution is 2.01. The number of hydrogen-bond acceptors (Lipinski definition) is 5. The number of morpholine rings is 1. The number of sulfonamides is 1. The van der Waals surface area contributed by atoms with E-state index in [4.69, 9.17) is 4.74 Å². The Morgan fingerprint density at radius 1 is 1.25 bits per heavy atom. The van der Waals surface area contributed by atoms with Crippen LogP contribution in [0.5, 0.6) is 0 Å². The van der Waals surface area contributed by atoms with Crippen LogP contribution in [0.4, 0.5) is 0 Å². The van der Waals surface area contributed by atoms with Crippen LogP contribution in [0.2, 0.25) is 0 Å². The summed E-state index contributed by atoms with van der Waals surface area (Å²) in [7, 11) is -3.15. The molecule has 0 bridgehead atoms. The first-order valence-electron chi connectivity index (χ1n) is 7.54. The molecule has 1 saturated heterocycles. The summed E-state index contributed by atoms with van der Waals surface area (Å²) in [6, 6.07) is -0.0492. The Morgan fingerprint density at radius 3 is 2.60 bits per heavy atom. The van der Waals surface area contributed by atoms with Gasteiger partial charge in [-0.1, -0.05) is 6.92 Å². The number of nitrogens with one attached hydrogen (secondary N) is 2. The van der Waals surface area contributed by atoms with Crippen LogP contribution >= 0.6 is 0 Å². The molecule has 1 heterocycles. The molecule has 2 N–H and O–H groups in total. The first kappa shape index (κ1) is 17.8. The summed E-state index contributed by atoms with van der Waals surface area (Å²) in [5, 5.41) is 3.20. The smallest absolute Gasteiger partial charge is 0.211 e. The second-order valence-electron chi connectivity index (χ2n) is 5.31.